The van der Waals surface area contributed by atoms with Gasteiger partial charge in [0, 0.05) is 6.42 Å². The molecule has 0 atom stereocenters. The molecule has 0 bridgehead atoms. The Hall–Kier alpha value is 0.250. The van der Waals surface area contributed by atoms with Gasteiger partial charge in [0.15, 0.2) is 0 Å². The summed E-state index contributed by atoms with van der Waals surface area (Å²) in [5, 5.41) is 0. The van der Waals surface area contributed by atoms with Crippen molar-refractivity contribution in [1.82, 2.24) is 0 Å². The number of halogens is 1. The van der Waals surface area contributed by atoms with Gasteiger partial charge in [0.1, 0.15) is 0 Å². The van der Waals surface area contributed by atoms with Crippen molar-refractivity contribution in [2.45, 2.75) is 38.6 Å². The number of nitrogens with zero attached hydrogens (tertiary/aromatic N) is 1. The molecule has 1 fully saturated rings. The molecule has 0 unspecified atom stereocenters. The first-order valence-electron chi connectivity index (χ1n) is 4.29. The molecule has 0 aromatic carbocycles. The predicted molar refractivity (Wildman–Crippen MR) is 44.9 cm³/mol. The Labute approximate surface area is 76.8 Å². The maximum Gasteiger partial charge on any atom is 0.0931 e. The van der Waals surface area contributed by atoms with E-state index in [4.69, 9.17) is 0 Å². The molecular weight excluding hydrogens is 158 g/mol. The van der Waals surface area contributed by atoms with E-state index < -0.39 is 0 Å². The molecule has 1 heterocycles. The van der Waals surface area contributed by atoms with Crippen LogP contribution in [0.25, 0.3) is 0 Å². The molecule has 68 valence electrons. The van der Waals surface area contributed by atoms with Gasteiger partial charge in [0.2, 0.25) is 0 Å². The van der Waals surface area contributed by atoms with E-state index in [0.717, 1.165) is 0 Å². The van der Waals surface area contributed by atoms with E-state index in [1.807, 2.05) is 0 Å². The first-order chi connectivity index (χ1) is 4.46. The Morgan fingerprint density at radius 2 is 1.64 bits per heavy atom. The summed E-state index contributed by atoms with van der Waals surface area (Å²) >= 11 is 0. The lowest BCUT2D eigenvalue weighted by atomic mass is 9.89. The second kappa shape index (κ2) is 3.32. The maximum absolute atomic E-state index is 2.38. The average molecular weight is 178 g/mol. The van der Waals surface area contributed by atoms with Crippen molar-refractivity contribution < 1.29 is 16.9 Å². The molecule has 0 radical (unpaired) electrons. The fraction of sp³-hybridized carbons (Fsp3) is 1.00. The molecule has 0 N–H and O–H groups in total. The van der Waals surface area contributed by atoms with E-state index >= 15 is 0 Å². The summed E-state index contributed by atoms with van der Waals surface area (Å²) in [6, 6.07) is 0. The molecule has 1 aliphatic heterocycles. The molecule has 0 aliphatic carbocycles. The van der Waals surface area contributed by atoms with Crippen LogP contribution in [0.5, 0.6) is 0 Å². The van der Waals surface area contributed by atoms with Crippen molar-refractivity contribution in [2.75, 3.05) is 20.6 Å². The molecule has 0 saturated carbocycles. The van der Waals surface area contributed by atoms with Crippen LogP contribution in [-0.4, -0.2) is 30.7 Å². The lowest BCUT2D eigenvalue weighted by Gasteiger charge is -2.48. The lowest BCUT2D eigenvalue weighted by molar-refractivity contribution is -0.943. The Morgan fingerprint density at radius 1 is 1.09 bits per heavy atom. The van der Waals surface area contributed by atoms with Crippen LogP contribution in [0.4, 0.5) is 0 Å². The lowest BCUT2D eigenvalue weighted by Crippen LogP contribution is -3.00. The van der Waals surface area contributed by atoms with Gasteiger partial charge in [-0.25, -0.2) is 0 Å². The third-order valence-electron chi connectivity index (χ3n) is 3.39. The summed E-state index contributed by atoms with van der Waals surface area (Å²) in [6.45, 7) is 6.12. The summed E-state index contributed by atoms with van der Waals surface area (Å²) in [6.07, 6.45) is 4.23. The quantitative estimate of drug-likeness (QED) is 0.418. The summed E-state index contributed by atoms with van der Waals surface area (Å²) in [4.78, 5) is 0. The van der Waals surface area contributed by atoms with Gasteiger partial charge in [-0.1, -0.05) is 0 Å². The molecule has 0 aromatic rings. The van der Waals surface area contributed by atoms with E-state index in [2.05, 4.69) is 27.9 Å². The molecule has 0 spiro atoms. The summed E-state index contributed by atoms with van der Waals surface area (Å²) in [5.41, 5.74) is 0.512. The Bertz CT molecular complexity index is 114. The average Bonchev–Trinajstić information content (AvgIpc) is 1.77. The van der Waals surface area contributed by atoms with Crippen molar-refractivity contribution in [3.63, 3.8) is 0 Å². The van der Waals surface area contributed by atoms with Gasteiger partial charge < -0.3 is 16.9 Å². The minimum Gasteiger partial charge on any atom is -1.00 e. The maximum atomic E-state index is 2.38. The minimum atomic E-state index is 0. The normalized spacial score (nSPS) is 27.3. The van der Waals surface area contributed by atoms with Crippen LogP contribution in [0.15, 0.2) is 0 Å². The topological polar surface area (TPSA) is 0 Å². The van der Waals surface area contributed by atoms with E-state index in [0.29, 0.717) is 5.54 Å². The van der Waals surface area contributed by atoms with Crippen molar-refractivity contribution in [1.29, 1.82) is 0 Å². The monoisotopic (exact) mass is 177 g/mol. The van der Waals surface area contributed by atoms with Crippen molar-refractivity contribution in [2.24, 2.45) is 0 Å². The standard InChI is InChI=1S/C9H20N.ClH/c1-9(2)7-5-6-8-10(9,3)4;/h5-8H2,1-4H3;1H/q+1;/p-1. The number of hydrogen-bond acceptors (Lipinski definition) is 0. The van der Waals surface area contributed by atoms with Gasteiger partial charge in [-0.3, -0.25) is 0 Å². The number of likely N-dealkylation sites (tertiary alicyclic amines) is 1. The number of piperidine rings is 1. The number of rotatable bonds is 0. The third kappa shape index (κ3) is 2.09. The summed E-state index contributed by atoms with van der Waals surface area (Å²) in [5.74, 6) is 0. The van der Waals surface area contributed by atoms with E-state index in [9.17, 15) is 0 Å². The van der Waals surface area contributed by atoms with Gasteiger partial charge in [-0.2, -0.15) is 0 Å². The van der Waals surface area contributed by atoms with Crippen LogP contribution in [0.1, 0.15) is 33.1 Å². The molecular formula is C9H20ClN. The SMILES string of the molecule is CC1(C)CCCC[N+]1(C)C.[Cl-]. The van der Waals surface area contributed by atoms with Gasteiger partial charge in [0.25, 0.3) is 0 Å². The first-order valence-corrected chi connectivity index (χ1v) is 4.29. The van der Waals surface area contributed by atoms with Gasteiger partial charge in [0.05, 0.1) is 26.2 Å². The molecule has 1 rings (SSSR count). The smallest absolute Gasteiger partial charge is 0.0931 e. The summed E-state index contributed by atoms with van der Waals surface area (Å²) in [7, 11) is 4.69. The number of quaternary nitrogens is 1. The van der Waals surface area contributed by atoms with Crippen molar-refractivity contribution in [3.05, 3.63) is 0 Å². The van der Waals surface area contributed by atoms with Crippen molar-refractivity contribution in [3.8, 4) is 0 Å². The summed E-state index contributed by atoms with van der Waals surface area (Å²) < 4.78 is 1.20. The minimum absolute atomic E-state index is 0. The van der Waals surface area contributed by atoms with E-state index in [1.165, 1.54) is 30.3 Å². The fourth-order valence-electron chi connectivity index (χ4n) is 1.67. The highest BCUT2D eigenvalue weighted by atomic mass is 35.5. The van der Waals surface area contributed by atoms with Gasteiger partial charge >= 0.3 is 0 Å². The third-order valence-corrected chi connectivity index (χ3v) is 3.39. The highest BCUT2D eigenvalue weighted by Crippen LogP contribution is 2.30. The fourth-order valence-corrected chi connectivity index (χ4v) is 1.67. The van der Waals surface area contributed by atoms with E-state index in [-0.39, 0.29) is 12.4 Å². The van der Waals surface area contributed by atoms with Crippen molar-refractivity contribution >= 4 is 0 Å². The van der Waals surface area contributed by atoms with Crippen LogP contribution in [0, 0.1) is 0 Å². The van der Waals surface area contributed by atoms with Crippen LogP contribution >= 0.6 is 0 Å². The van der Waals surface area contributed by atoms with Gasteiger partial charge in [-0.15, -0.1) is 0 Å². The van der Waals surface area contributed by atoms with Crippen LogP contribution in [0.3, 0.4) is 0 Å². The van der Waals surface area contributed by atoms with Crippen LogP contribution in [0.2, 0.25) is 0 Å². The van der Waals surface area contributed by atoms with Crippen LogP contribution < -0.4 is 12.4 Å². The zero-order valence-corrected chi connectivity index (χ0v) is 8.91. The van der Waals surface area contributed by atoms with Crippen LogP contribution in [-0.2, 0) is 0 Å². The Balaban J connectivity index is 0.000001000. The molecule has 0 aromatic heterocycles. The first kappa shape index (κ1) is 11.2. The predicted octanol–water partition coefficient (Wildman–Crippen LogP) is -0.971. The molecule has 0 amide bonds. The second-order valence-corrected chi connectivity index (χ2v) is 4.68. The molecule has 1 nitrogen and oxygen atoms in total. The largest absolute Gasteiger partial charge is 1.00 e. The number of hydrogen-bond donors (Lipinski definition) is 0. The second-order valence-electron chi connectivity index (χ2n) is 4.68. The Kier molecular flexibility index (Phi) is 3.40. The highest BCUT2D eigenvalue weighted by molar-refractivity contribution is 4.72. The van der Waals surface area contributed by atoms with Gasteiger partial charge in [-0.05, 0) is 26.7 Å². The molecule has 2 heteroatoms. The highest BCUT2D eigenvalue weighted by Gasteiger charge is 2.38. The molecule has 1 saturated heterocycles. The Morgan fingerprint density at radius 3 is 1.91 bits per heavy atom. The molecule has 11 heavy (non-hydrogen) atoms. The molecule has 1 aliphatic rings. The van der Waals surface area contributed by atoms with E-state index in [1.54, 1.807) is 0 Å². The zero-order chi connectivity index (χ0) is 7.83. The zero-order valence-electron chi connectivity index (χ0n) is 8.15.